The molecule has 3 N–H and O–H groups in total. The van der Waals surface area contributed by atoms with Crippen LogP contribution in [0.1, 0.15) is 36.5 Å². The monoisotopic (exact) mass is 248 g/mol. The number of anilines is 1. The van der Waals surface area contributed by atoms with Crippen molar-refractivity contribution in [1.82, 2.24) is 0 Å². The van der Waals surface area contributed by atoms with Gasteiger partial charge in [-0.05, 0) is 44.4 Å². The highest BCUT2D eigenvalue weighted by molar-refractivity contribution is 5.92. The topological polar surface area (TPSA) is 55.1 Å². The molecule has 18 heavy (non-hydrogen) atoms. The van der Waals surface area contributed by atoms with Crippen molar-refractivity contribution in [3.05, 3.63) is 28.8 Å². The Balaban J connectivity index is 2.76. The minimum Gasteiger partial charge on any atom is -0.330 e. The smallest absolute Gasteiger partial charge is 0.224 e. The lowest BCUT2D eigenvalue weighted by molar-refractivity contribution is -0.117. The number of amides is 1. The summed E-state index contributed by atoms with van der Waals surface area (Å²) in [5, 5.41) is 3.01. The Morgan fingerprint density at radius 1 is 1.28 bits per heavy atom. The van der Waals surface area contributed by atoms with Crippen molar-refractivity contribution in [2.24, 2.45) is 11.7 Å². The van der Waals surface area contributed by atoms with Crippen molar-refractivity contribution in [2.45, 2.75) is 40.5 Å². The van der Waals surface area contributed by atoms with E-state index >= 15 is 0 Å². The van der Waals surface area contributed by atoms with E-state index in [4.69, 9.17) is 5.73 Å². The number of carbonyl (C=O) groups is 1. The quantitative estimate of drug-likeness (QED) is 0.841. The first-order valence-corrected chi connectivity index (χ1v) is 6.55. The Morgan fingerprint density at radius 3 is 2.28 bits per heavy atom. The molecule has 0 saturated heterocycles. The van der Waals surface area contributed by atoms with E-state index in [2.05, 4.69) is 31.3 Å². The van der Waals surface area contributed by atoms with Gasteiger partial charge in [0.25, 0.3) is 0 Å². The van der Waals surface area contributed by atoms with Crippen LogP contribution in [0, 0.1) is 26.7 Å². The zero-order valence-electron chi connectivity index (χ0n) is 11.8. The van der Waals surface area contributed by atoms with Crippen LogP contribution >= 0.6 is 0 Å². The second kappa shape index (κ2) is 6.55. The summed E-state index contributed by atoms with van der Waals surface area (Å²) in [5.41, 5.74) is 10.0. The first-order valence-electron chi connectivity index (χ1n) is 6.55. The van der Waals surface area contributed by atoms with Crippen LogP contribution in [0.5, 0.6) is 0 Å². The molecule has 0 aromatic heterocycles. The predicted molar refractivity (Wildman–Crippen MR) is 76.7 cm³/mol. The fraction of sp³-hybridized carbons (Fsp3) is 0.533. The van der Waals surface area contributed by atoms with Crippen molar-refractivity contribution < 1.29 is 4.79 Å². The number of nitrogens with two attached hydrogens (primary N) is 1. The summed E-state index contributed by atoms with van der Waals surface area (Å²) in [7, 11) is 0. The third-order valence-electron chi connectivity index (χ3n) is 3.33. The third-order valence-corrected chi connectivity index (χ3v) is 3.33. The van der Waals surface area contributed by atoms with Gasteiger partial charge in [-0.15, -0.1) is 0 Å². The number of aryl methyl sites for hydroxylation is 3. The maximum absolute atomic E-state index is 12.0. The maximum Gasteiger partial charge on any atom is 0.224 e. The van der Waals surface area contributed by atoms with Crippen molar-refractivity contribution in [3.8, 4) is 0 Å². The van der Waals surface area contributed by atoms with Gasteiger partial charge in [0, 0.05) is 12.1 Å². The normalized spacial score (nSPS) is 12.3. The molecule has 1 aromatic rings. The Bertz CT molecular complexity index is 399. The molecule has 0 aliphatic rings. The number of benzene rings is 1. The first kappa shape index (κ1) is 14.7. The molecular formula is C15H24N2O. The lowest BCUT2D eigenvalue weighted by Gasteiger charge is -2.15. The molecule has 0 radical (unpaired) electrons. The van der Waals surface area contributed by atoms with Gasteiger partial charge in [-0.2, -0.15) is 0 Å². The molecule has 3 heteroatoms. The Labute approximate surface area is 110 Å². The molecule has 1 rings (SSSR count). The molecule has 3 nitrogen and oxygen atoms in total. The molecule has 100 valence electrons. The Hall–Kier alpha value is -1.35. The lowest BCUT2D eigenvalue weighted by atomic mass is 10.0. The number of hydrogen-bond donors (Lipinski definition) is 2. The van der Waals surface area contributed by atoms with Gasteiger partial charge in [0.15, 0.2) is 0 Å². The van der Waals surface area contributed by atoms with Gasteiger partial charge in [0.05, 0.1) is 0 Å². The SMILES string of the molecule is CCC(CN)CC(=O)Nc1c(C)cc(C)cc1C. The summed E-state index contributed by atoms with van der Waals surface area (Å²) < 4.78 is 0. The zero-order valence-corrected chi connectivity index (χ0v) is 11.8. The van der Waals surface area contributed by atoms with E-state index in [-0.39, 0.29) is 11.8 Å². The molecule has 0 bridgehead atoms. The molecule has 1 aromatic carbocycles. The molecule has 0 heterocycles. The fourth-order valence-corrected chi connectivity index (χ4v) is 2.22. The highest BCUT2D eigenvalue weighted by atomic mass is 16.1. The van der Waals surface area contributed by atoms with Crippen LogP contribution in [0.3, 0.4) is 0 Å². The van der Waals surface area contributed by atoms with Crippen LogP contribution in [0.4, 0.5) is 5.69 Å². The molecular weight excluding hydrogens is 224 g/mol. The van der Waals surface area contributed by atoms with Gasteiger partial charge >= 0.3 is 0 Å². The summed E-state index contributed by atoms with van der Waals surface area (Å²) in [5.74, 6) is 0.332. The van der Waals surface area contributed by atoms with Gasteiger partial charge in [0.1, 0.15) is 0 Å². The summed E-state index contributed by atoms with van der Waals surface area (Å²) in [4.78, 5) is 12.0. The van der Waals surface area contributed by atoms with Crippen molar-refractivity contribution in [3.63, 3.8) is 0 Å². The van der Waals surface area contributed by atoms with E-state index in [1.165, 1.54) is 5.56 Å². The van der Waals surface area contributed by atoms with Crippen LogP contribution in [-0.2, 0) is 4.79 Å². The van der Waals surface area contributed by atoms with Crippen LogP contribution < -0.4 is 11.1 Å². The number of rotatable bonds is 5. The minimum atomic E-state index is 0.0577. The van der Waals surface area contributed by atoms with Crippen LogP contribution in [0.25, 0.3) is 0 Å². The Morgan fingerprint density at radius 2 is 1.83 bits per heavy atom. The highest BCUT2D eigenvalue weighted by Gasteiger charge is 2.12. The molecule has 1 atom stereocenters. The van der Waals surface area contributed by atoms with E-state index in [0.29, 0.717) is 13.0 Å². The summed E-state index contributed by atoms with van der Waals surface area (Å²) in [6.07, 6.45) is 1.44. The van der Waals surface area contributed by atoms with Crippen molar-refractivity contribution in [2.75, 3.05) is 11.9 Å². The minimum absolute atomic E-state index is 0.0577. The van der Waals surface area contributed by atoms with Gasteiger partial charge < -0.3 is 11.1 Å². The van der Waals surface area contributed by atoms with Gasteiger partial charge in [-0.3, -0.25) is 4.79 Å². The third kappa shape index (κ3) is 3.84. The summed E-state index contributed by atoms with van der Waals surface area (Å²) in [6.45, 7) is 8.74. The van der Waals surface area contributed by atoms with Crippen molar-refractivity contribution >= 4 is 11.6 Å². The van der Waals surface area contributed by atoms with E-state index in [1.54, 1.807) is 0 Å². The number of carbonyl (C=O) groups excluding carboxylic acids is 1. The average Bonchev–Trinajstić information content (AvgIpc) is 2.30. The van der Waals surface area contributed by atoms with Crippen molar-refractivity contribution in [1.29, 1.82) is 0 Å². The largest absolute Gasteiger partial charge is 0.330 e. The molecule has 0 fully saturated rings. The van der Waals surface area contributed by atoms with Gasteiger partial charge in [-0.25, -0.2) is 0 Å². The van der Waals surface area contributed by atoms with E-state index in [0.717, 1.165) is 23.2 Å². The molecule has 1 unspecified atom stereocenters. The first-order chi connectivity index (χ1) is 8.47. The Kier molecular flexibility index (Phi) is 5.35. The molecule has 1 amide bonds. The van der Waals surface area contributed by atoms with E-state index in [9.17, 15) is 4.79 Å². The van der Waals surface area contributed by atoms with Crippen LogP contribution in [0.2, 0.25) is 0 Å². The molecule has 0 aliphatic carbocycles. The molecule has 0 saturated carbocycles. The average molecular weight is 248 g/mol. The van der Waals surface area contributed by atoms with Gasteiger partial charge in [0.2, 0.25) is 5.91 Å². The van der Waals surface area contributed by atoms with E-state index < -0.39 is 0 Å². The second-order valence-corrected chi connectivity index (χ2v) is 5.04. The second-order valence-electron chi connectivity index (χ2n) is 5.04. The zero-order chi connectivity index (χ0) is 13.7. The summed E-state index contributed by atoms with van der Waals surface area (Å²) >= 11 is 0. The number of nitrogens with one attached hydrogen (secondary N) is 1. The van der Waals surface area contributed by atoms with E-state index in [1.807, 2.05) is 13.8 Å². The maximum atomic E-state index is 12.0. The highest BCUT2D eigenvalue weighted by Crippen LogP contribution is 2.22. The summed E-state index contributed by atoms with van der Waals surface area (Å²) in [6, 6.07) is 4.17. The van der Waals surface area contributed by atoms with Crippen LogP contribution in [0.15, 0.2) is 12.1 Å². The lowest BCUT2D eigenvalue weighted by Crippen LogP contribution is -2.22. The predicted octanol–water partition coefficient (Wildman–Crippen LogP) is 2.93. The van der Waals surface area contributed by atoms with Crippen LogP contribution in [-0.4, -0.2) is 12.5 Å². The molecule has 0 spiro atoms. The van der Waals surface area contributed by atoms with Gasteiger partial charge in [-0.1, -0.05) is 31.0 Å². The standard InChI is InChI=1S/C15H24N2O/c1-5-13(9-16)8-14(18)17-15-11(3)6-10(2)7-12(15)4/h6-7,13H,5,8-9,16H2,1-4H3,(H,17,18). The molecule has 0 aliphatic heterocycles. The number of hydrogen-bond acceptors (Lipinski definition) is 2. The fourth-order valence-electron chi connectivity index (χ4n) is 2.22.